The maximum atomic E-state index is 12.3. The summed E-state index contributed by atoms with van der Waals surface area (Å²) in [5, 5.41) is 1.10. The van der Waals surface area contributed by atoms with E-state index in [1.807, 2.05) is 19.9 Å². The fourth-order valence-corrected chi connectivity index (χ4v) is 3.37. The molecule has 0 atom stereocenters. The van der Waals surface area contributed by atoms with Crippen LogP contribution in [0.5, 0.6) is 0 Å². The summed E-state index contributed by atoms with van der Waals surface area (Å²) in [5.41, 5.74) is 2.59. The molecule has 0 aliphatic carbocycles. The lowest BCUT2D eigenvalue weighted by Gasteiger charge is -2.11. The van der Waals surface area contributed by atoms with Crippen molar-refractivity contribution in [2.45, 2.75) is 25.8 Å². The van der Waals surface area contributed by atoms with Crippen LogP contribution < -0.4 is 0 Å². The van der Waals surface area contributed by atoms with E-state index in [1.54, 1.807) is 31.2 Å². The molecule has 1 aromatic carbocycles. The van der Waals surface area contributed by atoms with Gasteiger partial charge in [-0.05, 0) is 56.7 Å². The van der Waals surface area contributed by atoms with Crippen molar-refractivity contribution in [2.24, 2.45) is 0 Å². The molecule has 24 heavy (non-hydrogen) atoms. The van der Waals surface area contributed by atoms with E-state index in [9.17, 15) is 9.59 Å². The molecule has 0 unspecified atom stereocenters. The number of hydrogen-bond donors (Lipinski definition) is 0. The number of pyridine rings is 1. The van der Waals surface area contributed by atoms with Gasteiger partial charge in [0.15, 0.2) is 5.78 Å². The molecule has 0 saturated carbocycles. The third-order valence-corrected chi connectivity index (χ3v) is 4.52. The lowest BCUT2D eigenvalue weighted by Crippen LogP contribution is -2.11. The number of thioether (sulfide) groups is 1. The number of ether oxygens (including phenoxy) is 1. The van der Waals surface area contributed by atoms with E-state index >= 15 is 0 Å². The van der Waals surface area contributed by atoms with Gasteiger partial charge >= 0.3 is 5.97 Å². The highest BCUT2D eigenvalue weighted by molar-refractivity contribution is 8.00. The maximum absolute atomic E-state index is 12.3. The molecule has 0 saturated heterocycles. The summed E-state index contributed by atoms with van der Waals surface area (Å²) in [6.45, 7) is 5.74. The molecule has 126 valence electrons. The number of nitrogens with zero attached hydrogens (tertiary/aromatic N) is 1. The Balaban J connectivity index is 2.21. The van der Waals surface area contributed by atoms with Gasteiger partial charge in [-0.15, -0.1) is 0 Å². The van der Waals surface area contributed by atoms with Crippen LogP contribution in [0.3, 0.4) is 0 Å². The number of hydrogen-bond acceptors (Lipinski definition) is 5. The number of aromatic nitrogens is 1. The summed E-state index contributed by atoms with van der Waals surface area (Å²) in [6.07, 6.45) is 0. The molecule has 1 heterocycles. The van der Waals surface area contributed by atoms with E-state index in [0.29, 0.717) is 27.8 Å². The second kappa shape index (κ2) is 8.31. The van der Waals surface area contributed by atoms with Crippen LogP contribution in [0.4, 0.5) is 0 Å². The van der Waals surface area contributed by atoms with Crippen LogP contribution in [0.1, 0.15) is 38.9 Å². The Morgan fingerprint density at radius 3 is 2.50 bits per heavy atom. The first-order chi connectivity index (χ1) is 11.4. The number of aryl methyl sites for hydroxylation is 2. The Bertz CT molecular complexity index is 760. The molecule has 0 N–H and O–H groups in total. The minimum Gasteiger partial charge on any atom is -0.462 e. The lowest BCUT2D eigenvalue weighted by molar-refractivity contribution is 0.0520. The largest absolute Gasteiger partial charge is 0.462 e. The summed E-state index contributed by atoms with van der Waals surface area (Å²) in [7, 11) is 0. The standard InChI is InChI=1S/C18H18ClNO3S/c1-4-23-18(22)16-11(2)9-12(3)20-17(16)24-10-15(21)13-5-7-14(19)8-6-13/h5-9H,4,10H2,1-3H3. The van der Waals surface area contributed by atoms with E-state index in [1.165, 1.54) is 11.8 Å². The molecule has 0 aliphatic rings. The van der Waals surface area contributed by atoms with E-state index in [4.69, 9.17) is 16.3 Å². The Hall–Kier alpha value is -1.85. The zero-order chi connectivity index (χ0) is 17.7. The Kier molecular flexibility index (Phi) is 6.40. The molecular weight excluding hydrogens is 346 g/mol. The summed E-state index contributed by atoms with van der Waals surface area (Å²) >= 11 is 7.07. The van der Waals surface area contributed by atoms with Crippen molar-refractivity contribution >= 4 is 35.1 Å². The van der Waals surface area contributed by atoms with Crippen molar-refractivity contribution < 1.29 is 14.3 Å². The third kappa shape index (κ3) is 4.58. The van der Waals surface area contributed by atoms with Crippen molar-refractivity contribution in [2.75, 3.05) is 12.4 Å². The third-order valence-electron chi connectivity index (χ3n) is 3.30. The van der Waals surface area contributed by atoms with Gasteiger partial charge in [0.2, 0.25) is 0 Å². The zero-order valence-corrected chi connectivity index (χ0v) is 15.3. The van der Waals surface area contributed by atoms with Crippen LogP contribution in [-0.4, -0.2) is 29.1 Å². The minimum absolute atomic E-state index is 0.0487. The van der Waals surface area contributed by atoms with Gasteiger partial charge in [-0.25, -0.2) is 9.78 Å². The van der Waals surface area contributed by atoms with Crippen molar-refractivity contribution in [3.05, 3.63) is 57.7 Å². The molecule has 0 amide bonds. The number of Topliss-reactive ketones (excluding diaryl/α,β-unsaturated/α-hetero) is 1. The van der Waals surface area contributed by atoms with Crippen molar-refractivity contribution in [3.63, 3.8) is 0 Å². The first-order valence-corrected chi connectivity index (χ1v) is 8.85. The van der Waals surface area contributed by atoms with Gasteiger partial charge in [-0.2, -0.15) is 0 Å². The first kappa shape index (κ1) is 18.5. The monoisotopic (exact) mass is 363 g/mol. The Labute approximate surface area is 150 Å². The number of rotatable bonds is 6. The highest BCUT2D eigenvalue weighted by atomic mass is 35.5. The quantitative estimate of drug-likeness (QED) is 0.429. The van der Waals surface area contributed by atoms with Crippen molar-refractivity contribution in [1.82, 2.24) is 4.98 Å². The van der Waals surface area contributed by atoms with Crippen LogP contribution in [0, 0.1) is 13.8 Å². The summed E-state index contributed by atoms with van der Waals surface area (Å²) in [5.74, 6) is -0.277. The summed E-state index contributed by atoms with van der Waals surface area (Å²) in [4.78, 5) is 28.9. The number of esters is 1. The number of benzene rings is 1. The molecule has 0 spiro atoms. The zero-order valence-electron chi connectivity index (χ0n) is 13.8. The average Bonchev–Trinajstić information content (AvgIpc) is 2.52. The van der Waals surface area contributed by atoms with Gasteiger partial charge in [0.05, 0.1) is 17.9 Å². The predicted octanol–water partition coefficient (Wildman–Crippen LogP) is 4.50. The van der Waals surface area contributed by atoms with Crippen molar-refractivity contribution in [1.29, 1.82) is 0 Å². The van der Waals surface area contributed by atoms with E-state index in [0.717, 1.165) is 11.3 Å². The number of carbonyl (C=O) groups excluding carboxylic acids is 2. The molecule has 0 bridgehead atoms. The van der Waals surface area contributed by atoms with E-state index < -0.39 is 5.97 Å². The molecule has 6 heteroatoms. The highest BCUT2D eigenvalue weighted by Gasteiger charge is 2.19. The van der Waals surface area contributed by atoms with Gasteiger partial charge in [-0.1, -0.05) is 23.4 Å². The SMILES string of the molecule is CCOC(=O)c1c(C)cc(C)nc1SCC(=O)c1ccc(Cl)cc1. The molecule has 2 aromatic rings. The van der Waals surface area contributed by atoms with Gasteiger partial charge in [0.1, 0.15) is 5.03 Å². The van der Waals surface area contributed by atoms with Gasteiger partial charge in [0, 0.05) is 16.3 Å². The lowest BCUT2D eigenvalue weighted by atomic mass is 10.1. The molecule has 2 rings (SSSR count). The summed E-state index contributed by atoms with van der Waals surface area (Å²) < 4.78 is 5.10. The van der Waals surface area contributed by atoms with Crippen LogP contribution in [0.15, 0.2) is 35.4 Å². The van der Waals surface area contributed by atoms with Crippen molar-refractivity contribution in [3.8, 4) is 0 Å². The van der Waals surface area contributed by atoms with Gasteiger partial charge in [0.25, 0.3) is 0 Å². The van der Waals surface area contributed by atoms with Crippen LogP contribution in [0.25, 0.3) is 0 Å². The maximum Gasteiger partial charge on any atom is 0.341 e. The fourth-order valence-electron chi connectivity index (χ4n) is 2.21. The highest BCUT2D eigenvalue weighted by Crippen LogP contribution is 2.26. The molecular formula is C18H18ClNO3S. The van der Waals surface area contributed by atoms with Gasteiger partial charge < -0.3 is 4.74 Å². The molecule has 0 radical (unpaired) electrons. The van der Waals surface area contributed by atoms with Crippen LogP contribution in [-0.2, 0) is 4.74 Å². The van der Waals surface area contributed by atoms with Gasteiger partial charge in [-0.3, -0.25) is 4.79 Å². The Morgan fingerprint density at radius 1 is 1.21 bits per heavy atom. The normalized spacial score (nSPS) is 10.5. The Morgan fingerprint density at radius 2 is 1.88 bits per heavy atom. The van der Waals surface area contributed by atoms with E-state index in [2.05, 4.69) is 4.98 Å². The smallest absolute Gasteiger partial charge is 0.341 e. The molecule has 4 nitrogen and oxygen atoms in total. The number of ketones is 1. The minimum atomic E-state index is -0.413. The fraction of sp³-hybridized carbons (Fsp3) is 0.278. The van der Waals surface area contributed by atoms with Crippen LogP contribution in [0.2, 0.25) is 5.02 Å². The average molecular weight is 364 g/mol. The van der Waals surface area contributed by atoms with Crippen LogP contribution >= 0.6 is 23.4 Å². The van der Waals surface area contributed by atoms with E-state index in [-0.39, 0.29) is 11.5 Å². The second-order valence-corrected chi connectivity index (χ2v) is 6.60. The second-order valence-electron chi connectivity index (χ2n) is 5.20. The summed E-state index contributed by atoms with van der Waals surface area (Å²) in [6, 6.07) is 8.56. The molecule has 0 aliphatic heterocycles. The first-order valence-electron chi connectivity index (χ1n) is 7.49. The number of halogens is 1. The molecule has 1 aromatic heterocycles. The predicted molar refractivity (Wildman–Crippen MR) is 96.2 cm³/mol. The number of carbonyl (C=O) groups is 2. The topological polar surface area (TPSA) is 56.3 Å². The molecule has 0 fully saturated rings.